The van der Waals surface area contributed by atoms with Crippen molar-refractivity contribution >= 4 is 5.69 Å². The molecule has 0 fully saturated rings. The summed E-state index contributed by atoms with van der Waals surface area (Å²) in [4.78, 5) is 4.06. The van der Waals surface area contributed by atoms with Gasteiger partial charge in [-0.05, 0) is 23.8 Å². The smallest absolute Gasteiger partial charge is 0.161 e. The van der Waals surface area contributed by atoms with Gasteiger partial charge >= 0.3 is 0 Å². The number of benzene rings is 1. The number of methoxy groups -OCH3 is 1. The quantitative estimate of drug-likeness (QED) is 0.734. The molecule has 5 nitrogen and oxygen atoms in total. The number of aromatic nitrogens is 1. The van der Waals surface area contributed by atoms with Gasteiger partial charge in [0.05, 0.1) is 25.6 Å². The van der Waals surface area contributed by atoms with E-state index in [0.717, 1.165) is 16.8 Å². The second-order valence-electron chi connectivity index (χ2n) is 4.63. The molecule has 0 saturated heterocycles. The van der Waals surface area contributed by atoms with Crippen LogP contribution in [0.2, 0.25) is 0 Å². The standard InChI is InChI=1S/C17H20N2O3/c1-3-8-22-16-5-4-13(9-17(16)21-2)10-19-15-11-18-7-6-14(15)12-20/h3-7,9,11,19-20H,1,8,10,12H2,2H3. The first-order valence-electron chi connectivity index (χ1n) is 6.96. The lowest BCUT2D eigenvalue weighted by Crippen LogP contribution is -2.04. The zero-order chi connectivity index (χ0) is 15.8. The molecule has 2 N–H and O–H groups in total. The fourth-order valence-electron chi connectivity index (χ4n) is 2.01. The molecular formula is C17H20N2O3. The van der Waals surface area contributed by atoms with E-state index in [-0.39, 0.29) is 6.61 Å². The monoisotopic (exact) mass is 300 g/mol. The minimum absolute atomic E-state index is 0.0253. The third kappa shape index (κ3) is 3.99. The van der Waals surface area contributed by atoms with Gasteiger partial charge in [0.1, 0.15) is 6.61 Å². The average molecular weight is 300 g/mol. The van der Waals surface area contributed by atoms with Gasteiger partial charge in [0, 0.05) is 18.3 Å². The molecule has 2 aromatic rings. The number of rotatable bonds is 8. The summed E-state index contributed by atoms with van der Waals surface area (Å²) < 4.78 is 10.9. The molecule has 0 atom stereocenters. The third-order valence-electron chi connectivity index (χ3n) is 3.15. The van der Waals surface area contributed by atoms with Crippen LogP contribution in [0.5, 0.6) is 11.5 Å². The molecule has 0 aliphatic heterocycles. The van der Waals surface area contributed by atoms with Crippen molar-refractivity contribution in [2.75, 3.05) is 19.0 Å². The van der Waals surface area contributed by atoms with E-state index >= 15 is 0 Å². The maximum Gasteiger partial charge on any atom is 0.161 e. The van der Waals surface area contributed by atoms with E-state index < -0.39 is 0 Å². The Kier molecular flexibility index (Phi) is 5.80. The number of aliphatic hydroxyl groups excluding tert-OH is 1. The van der Waals surface area contributed by atoms with Crippen LogP contribution >= 0.6 is 0 Å². The third-order valence-corrected chi connectivity index (χ3v) is 3.15. The summed E-state index contributed by atoms with van der Waals surface area (Å²) in [5.41, 5.74) is 2.67. The molecule has 0 bridgehead atoms. The summed E-state index contributed by atoms with van der Waals surface area (Å²) >= 11 is 0. The summed E-state index contributed by atoms with van der Waals surface area (Å²) in [5, 5.41) is 12.6. The van der Waals surface area contributed by atoms with Crippen molar-refractivity contribution in [2.24, 2.45) is 0 Å². The Hall–Kier alpha value is -2.53. The van der Waals surface area contributed by atoms with Crippen LogP contribution in [0.15, 0.2) is 49.3 Å². The summed E-state index contributed by atoms with van der Waals surface area (Å²) in [6.07, 6.45) is 5.05. The van der Waals surface area contributed by atoms with Gasteiger partial charge in [-0.3, -0.25) is 4.98 Å². The minimum atomic E-state index is -0.0253. The highest BCUT2D eigenvalue weighted by Gasteiger charge is 2.06. The summed E-state index contributed by atoms with van der Waals surface area (Å²) in [7, 11) is 1.61. The first-order chi connectivity index (χ1) is 10.8. The number of anilines is 1. The summed E-state index contributed by atoms with van der Waals surface area (Å²) in [5.74, 6) is 1.36. The molecule has 116 valence electrons. The van der Waals surface area contributed by atoms with Crippen molar-refractivity contribution in [1.82, 2.24) is 4.98 Å². The van der Waals surface area contributed by atoms with E-state index in [9.17, 15) is 5.11 Å². The minimum Gasteiger partial charge on any atom is -0.493 e. The van der Waals surface area contributed by atoms with Crippen LogP contribution in [-0.2, 0) is 13.2 Å². The van der Waals surface area contributed by atoms with Crippen molar-refractivity contribution in [3.05, 3.63) is 60.4 Å². The molecule has 2 rings (SSSR count). The van der Waals surface area contributed by atoms with E-state index in [4.69, 9.17) is 9.47 Å². The van der Waals surface area contributed by atoms with Crippen LogP contribution in [0.3, 0.4) is 0 Å². The molecule has 0 amide bonds. The second kappa shape index (κ2) is 8.05. The SMILES string of the molecule is C=CCOc1ccc(CNc2cnccc2CO)cc1OC. The zero-order valence-electron chi connectivity index (χ0n) is 12.6. The molecule has 0 aliphatic carbocycles. The Morgan fingerprint density at radius 3 is 2.91 bits per heavy atom. The number of pyridine rings is 1. The van der Waals surface area contributed by atoms with Crippen LogP contribution < -0.4 is 14.8 Å². The molecule has 0 aliphatic rings. The van der Waals surface area contributed by atoms with Gasteiger partial charge in [0.2, 0.25) is 0 Å². The Balaban J connectivity index is 2.08. The van der Waals surface area contributed by atoms with Crippen molar-refractivity contribution in [2.45, 2.75) is 13.2 Å². The molecule has 0 saturated carbocycles. The number of ether oxygens (including phenoxy) is 2. The molecule has 0 unspecified atom stereocenters. The largest absolute Gasteiger partial charge is 0.493 e. The van der Waals surface area contributed by atoms with Crippen LogP contribution in [0.1, 0.15) is 11.1 Å². The molecule has 0 radical (unpaired) electrons. The predicted molar refractivity (Wildman–Crippen MR) is 86.2 cm³/mol. The number of nitrogens with one attached hydrogen (secondary N) is 1. The van der Waals surface area contributed by atoms with E-state index in [1.807, 2.05) is 18.2 Å². The van der Waals surface area contributed by atoms with Gasteiger partial charge in [0.25, 0.3) is 0 Å². The highest BCUT2D eigenvalue weighted by atomic mass is 16.5. The fraction of sp³-hybridized carbons (Fsp3) is 0.235. The lowest BCUT2D eigenvalue weighted by molar-refractivity contribution is 0.282. The van der Waals surface area contributed by atoms with Crippen LogP contribution in [0.25, 0.3) is 0 Å². The van der Waals surface area contributed by atoms with Gasteiger partial charge in [-0.2, -0.15) is 0 Å². The summed E-state index contributed by atoms with van der Waals surface area (Å²) in [6.45, 7) is 4.63. The maximum absolute atomic E-state index is 9.30. The molecule has 1 heterocycles. The number of hydrogen-bond donors (Lipinski definition) is 2. The number of nitrogens with zero attached hydrogens (tertiary/aromatic N) is 1. The Morgan fingerprint density at radius 2 is 2.18 bits per heavy atom. The van der Waals surface area contributed by atoms with E-state index in [1.54, 1.807) is 31.6 Å². The predicted octanol–water partition coefficient (Wildman–Crippen LogP) is 2.76. The van der Waals surface area contributed by atoms with Gasteiger partial charge in [-0.15, -0.1) is 0 Å². The highest BCUT2D eigenvalue weighted by molar-refractivity contribution is 5.50. The lowest BCUT2D eigenvalue weighted by Gasteiger charge is -2.13. The molecule has 1 aromatic heterocycles. The molecular weight excluding hydrogens is 280 g/mol. The van der Waals surface area contributed by atoms with E-state index in [2.05, 4.69) is 16.9 Å². The average Bonchev–Trinajstić information content (AvgIpc) is 2.58. The van der Waals surface area contributed by atoms with Gasteiger partial charge in [-0.25, -0.2) is 0 Å². The molecule has 1 aromatic carbocycles. The van der Waals surface area contributed by atoms with Crippen molar-refractivity contribution < 1.29 is 14.6 Å². The summed E-state index contributed by atoms with van der Waals surface area (Å²) in [6, 6.07) is 7.54. The zero-order valence-corrected chi connectivity index (χ0v) is 12.6. The molecule has 5 heteroatoms. The maximum atomic E-state index is 9.30. The second-order valence-corrected chi connectivity index (χ2v) is 4.63. The first-order valence-corrected chi connectivity index (χ1v) is 6.96. The van der Waals surface area contributed by atoms with Crippen LogP contribution in [-0.4, -0.2) is 23.8 Å². The molecule has 22 heavy (non-hydrogen) atoms. The van der Waals surface area contributed by atoms with Gasteiger partial charge in [-0.1, -0.05) is 18.7 Å². The van der Waals surface area contributed by atoms with Gasteiger partial charge < -0.3 is 19.9 Å². The number of hydrogen-bond acceptors (Lipinski definition) is 5. The van der Waals surface area contributed by atoms with Crippen LogP contribution in [0, 0.1) is 0 Å². The van der Waals surface area contributed by atoms with E-state index in [0.29, 0.717) is 24.7 Å². The van der Waals surface area contributed by atoms with Gasteiger partial charge in [0.15, 0.2) is 11.5 Å². The van der Waals surface area contributed by atoms with E-state index in [1.165, 1.54) is 0 Å². The Morgan fingerprint density at radius 1 is 1.32 bits per heavy atom. The van der Waals surface area contributed by atoms with Crippen molar-refractivity contribution in [3.8, 4) is 11.5 Å². The number of aliphatic hydroxyl groups is 1. The fourth-order valence-corrected chi connectivity index (χ4v) is 2.01. The van der Waals surface area contributed by atoms with Crippen LogP contribution in [0.4, 0.5) is 5.69 Å². The lowest BCUT2D eigenvalue weighted by atomic mass is 10.2. The molecule has 0 spiro atoms. The first kappa shape index (κ1) is 15.9. The highest BCUT2D eigenvalue weighted by Crippen LogP contribution is 2.28. The van der Waals surface area contributed by atoms with Crippen molar-refractivity contribution in [3.63, 3.8) is 0 Å². The van der Waals surface area contributed by atoms with Crippen molar-refractivity contribution in [1.29, 1.82) is 0 Å². The normalized spacial score (nSPS) is 10.1. The Labute approximate surface area is 130 Å². The Bertz CT molecular complexity index is 629. The topological polar surface area (TPSA) is 63.6 Å².